The number of benzene rings is 1. The number of aromatic nitrogens is 2. The summed E-state index contributed by atoms with van der Waals surface area (Å²) in [6.45, 7) is 4.38. The molecule has 2 heterocycles. The van der Waals surface area contributed by atoms with Crippen LogP contribution < -0.4 is 4.74 Å². The summed E-state index contributed by atoms with van der Waals surface area (Å²) in [5.74, 6) is 2.71. The molecular formula is C20H25N3O2. The number of ether oxygens (including phenoxy) is 1. The molecule has 0 radical (unpaired) electrons. The van der Waals surface area contributed by atoms with E-state index >= 15 is 0 Å². The number of nitrogens with zero attached hydrogens (tertiary/aromatic N) is 3. The second-order valence-corrected chi connectivity index (χ2v) is 7.21. The molecule has 5 nitrogen and oxygen atoms in total. The number of likely N-dealkylation sites (tertiary alicyclic amines) is 1. The van der Waals surface area contributed by atoms with E-state index in [-0.39, 0.29) is 5.91 Å². The van der Waals surface area contributed by atoms with Gasteiger partial charge in [-0.15, -0.1) is 0 Å². The van der Waals surface area contributed by atoms with Gasteiger partial charge in [0.05, 0.1) is 12.6 Å². The van der Waals surface area contributed by atoms with E-state index in [4.69, 9.17) is 4.74 Å². The minimum atomic E-state index is 0.108. The van der Waals surface area contributed by atoms with E-state index < -0.39 is 0 Å². The summed E-state index contributed by atoms with van der Waals surface area (Å²) in [6, 6.07) is 7.92. The minimum absolute atomic E-state index is 0.108. The molecule has 4 rings (SSSR count). The molecule has 0 spiro atoms. The van der Waals surface area contributed by atoms with E-state index in [2.05, 4.69) is 9.55 Å². The van der Waals surface area contributed by atoms with E-state index in [1.165, 1.54) is 12.8 Å². The van der Waals surface area contributed by atoms with Gasteiger partial charge < -0.3 is 14.2 Å². The molecule has 2 aliphatic rings. The number of rotatable bonds is 5. The van der Waals surface area contributed by atoms with E-state index in [0.29, 0.717) is 6.04 Å². The summed E-state index contributed by atoms with van der Waals surface area (Å²) in [5, 5.41) is 0. The second-order valence-electron chi connectivity index (χ2n) is 7.21. The lowest BCUT2D eigenvalue weighted by molar-refractivity contribution is 0.0678. The van der Waals surface area contributed by atoms with Gasteiger partial charge in [-0.25, -0.2) is 4.98 Å². The van der Waals surface area contributed by atoms with Crippen LogP contribution in [0.3, 0.4) is 0 Å². The fraction of sp³-hybridized carbons (Fsp3) is 0.500. The van der Waals surface area contributed by atoms with Gasteiger partial charge in [-0.1, -0.05) is 0 Å². The molecule has 2 aromatic rings. The summed E-state index contributed by atoms with van der Waals surface area (Å²) in [4.78, 5) is 19.1. The zero-order chi connectivity index (χ0) is 17.2. The lowest BCUT2D eigenvalue weighted by Crippen LogP contribution is -2.40. The van der Waals surface area contributed by atoms with Gasteiger partial charge in [0.1, 0.15) is 11.6 Å². The molecule has 1 atom stereocenters. The van der Waals surface area contributed by atoms with Crippen LogP contribution in [0, 0.1) is 12.8 Å². The first kappa shape index (κ1) is 16.2. The van der Waals surface area contributed by atoms with Crippen LogP contribution in [-0.2, 0) is 0 Å². The first-order valence-corrected chi connectivity index (χ1v) is 9.22. The van der Waals surface area contributed by atoms with Gasteiger partial charge >= 0.3 is 0 Å². The van der Waals surface area contributed by atoms with Gasteiger partial charge in [-0.2, -0.15) is 0 Å². The number of hydrogen-bond donors (Lipinski definition) is 0. The molecule has 1 saturated heterocycles. The number of carbonyl (C=O) groups is 1. The molecular weight excluding hydrogens is 314 g/mol. The standard InChI is InChI=1S/C20H25N3O2/c1-15-21-10-12-23(15)18-3-2-11-22(13-18)20(24)17-6-8-19(9-7-17)25-14-16-4-5-16/h6-10,12,16,18H,2-5,11,13-14H2,1H3. The number of piperidine rings is 1. The van der Waals surface area contributed by atoms with Gasteiger partial charge in [0.15, 0.2) is 0 Å². The third kappa shape index (κ3) is 3.70. The number of carbonyl (C=O) groups excluding carboxylic acids is 1. The Labute approximate surface area is 148 Å². The SMILES string of the molecule is Cc1nccn1C1CCCN(C(=O)c2ccc(OCC3CC3)cc2)C1. The fourth-order valence-corrected chi connectivity index (χ4v) is 3.51. The molecule has 1 aromatic heterocycles. The molecule has 1 saturated carbocycles. The molecule has 1 aliphatic carbocycles. The smallest absolute Gasteiger partial charge is 0.253 e. The summed E-state index contributed by atoms with van der Waals surface area (Å²) >= 11 is 0. The van der Waals surface area contributed by atoms with E-state index in [9.17, 15) is 4.79 Å². The van der Waals surface area contributed by atoms with E-state index in [1.807, 2.05) is 48.5 Å². The summed E-state index contributed by atoms with van der Waals surface area (Å²) in [6.07, 6.45) is 8.52. The van der Waals surface area contributed by atoms with Gasteiger partial charge in [-0.05, 0) is 62.8 Å². The maximum absolute atomic E-state index is 12.8. The van der Waals surface area contributed by atoms with Crippen LogP contribution >= 0.6 is 0 Å². The van der Waals surface area contributed by atoms with Crippen LogP contribution in [-0.4, -0.2) is 40.1 Å². The van der Waals surface area contributed by atoms with Crippen LogP contribution in [0.4, 0.5) is 0 Å². The third-order valence-corrected chi connectivity index (χ3v) is 5.22. The molecule has 0 N–H and O–H groups in total. The monoisotopic (exact) mass is 339 g/mol. The minimum Gasteiger partial charge on any atom is -0.493 e. The summed E-state index contributed by atoms with van der Waals surface area (Å²) in [7, 11) is 0. The van der Waals surface area contributed by atoms with Crippen molar-refractivity contribution in [2.24, 2.45) is 5.92 Å². The summed E-state index contributed by atoms with van der Waals surface area (Å²) in [5.41, 5.74) is 0.738. The molecule has 2 fully saturated rings. The Kier molecular flexibility index (Phi) is 4.47. The topological polar surface area (TPSA) is 47.4 Å². The maximum Gasteiger partial charge on any atom is 0.253 e. The predicted molar refractivity (Wildman–Crippen MR) is 95.8 cm³/mol. The fourth-order valence-electron chi connectivity index (χ4n) is 3.51. The average Bonchev–Trinajstić information content (AvgIpc) is 3.39. The van der Waals surface area contributed by atoms with Crippen LogP contribution in [0.1, 0.15) is 47.9 Å². The number of aryl methyl sites for hydroxylation is 1. The molecule has 1 unspecified atom stereocenters. The highest BCUT2D eigenvalue weighted by molar-refractivity contribution is 5.94. The molecule has 1 aliphatic heterocycles. The highest BCUT2D eigenvalue weighted by atomic mass is 16.5. The molecule has 1 amide bonds. The molecule has 25 heavy (non-hydrogen) atoms. The number of amides is 1. The van der Waals surface area contributed by atoms with Crippen molar-refractivity contribution in [1.29, 1.82) is 0 Å². The number of hydrogen-bond acceptors (Lipinski definition) is 3. The van der Waals surface area contributed by atoms with Crippen molar-refractivity contribution < 1.29 is 9.53 Å². The first-order chi connectivity index (χ1) is 12.2. The Morgan fingerprint density at radius 3 is 2.72 bits per heavy atom. The van der Waals surface area contributed by atoms with Crippen molar-refractivity contribution >= 4 is 5.91 Å². The Bertz CT molecular complexity index is 734. The van der Waals surface area contributed by atoms with Gasteiger partial charge in [0.25, 0.3) is 5.91 Å². The first-order valence-electron chi connectivity index (χ1n) is 9.22. The van der Waals surface area contributed by atoms with Crippen molar-refractivity contribution in [2.75, 3.05) is 19.7 Å². The van der Waals surface area contributed by atoms with Gasteiger partial charge in [-0.3, -0.25) is 4.79 Å². The maximum atomic E-state index is 12.8. The van der Waals surface area contributed by atoms with Gasteiger partial charge in [0.2, 0.25) is 0 Å². The summed E-state index contributed by atoms with van der Waals surface area (Å²) < 4.78 is 7.94. The van der Waals surface area contributed by atoms with Crippen molar-refractivity contribution in [3.63, 3.8) is 0 Å². The highest BCUT2D eigenvalue weighted by Crippen LogP contribution is 2.29. The molecule has 5 heteroatoms. The van der Waals surface area contributed by atoms with Crippen LogP contribution in [0.15, 0.2) is 36.7 Å². The predicted octanol–water partition coefficient (Wildman–Crippen LogP) is 3.46. The van der Waals surface area contributed by atoms with Crippen molar-refractivity contribution in [1.82, 2.24) is 14.5 Å². The Balaban J connectivity index is 1.40. The Morgan fingerprint density at radius 2 is 2.04 bits per heavy atom. The Morgan fingerprint density at radius 1 is 1.24 bits per heavy atom. The highest BCUT2D eigenvalue weighted by Gasteiger charge is 2.26. The van der Waals surface area contributed by atoms with Gasteiger partial charge in [0, 0.05) is 31.0 Å². The quantitative estimate of drug-likeness (QED) is 0.838. The van der Waals surface area contributed by atoms with Crippen LogP contribution in [0.5, 0.6) is 5.75 Å². The zero-order valence-corrected chi connectivity index (χ0v) is 14.7. The largest absolute Gasteiger partial charge is 0.493 e. The van der Waals surface area contributed by atoms with Crippen molar-refractivity contribution in [3.05, 3.63) is 48.0 Å². The molecule has 1 aromatic carbocycles. The zero-order valence-electron chi connectivity index (χ0n) is 14.7. The van der Waals surface area contributed by atoms with Crippen molar-refractivity contribution in [3.8, 4) is 5.75 Å². The van der Waals surface area contributed by atoms with Crippen LogP contribution in [0.2, 0.25) is 0 Å². The molecule has 132 valence electrons. The molecule has 0 bridgehead atoms. The Hall–Kier alpha value is -2.30. The lowest BCUT2D eigenvalue weighted by Gasteiger charge is -2.34. The third-order valence-electron chi connectivity index (χ3n) is 5.22. The number of imidazole rings is 1. The average molecular weight is 339 g/mol. The van der Waals surface area contributed by atoms with Crippen LogP contribution in [0.25, 0.3) is 0 Å². The lowest BCUT2D eigenvalue weighted by atomic mass is 10.0. The second kappa shape index (κ2) is 6.90. The van der Waals surface area contributed by atoms with E-state index in [1.54, 1.807) is 0 Å². The normalized spacial score (nSPS) is 20.5. The van der Waals surface area contributed by atoms with Crippen molar-refractivity contribution in [2.45, 2.75) is 38.6 Å². The van der Waals surface area contributed by atoms with E-state index in [0.717, 1.165) is 55.6 Å².